The first kappa shape index (κ1) is 20.3. The summed E-state index contributed by atoms with van der Waals surface area (Å²) in [7, 11) is 0. The summed E-state index contributed by atoms with van der Waals surface area (Å²) in [5.74, 6) is 2.21. The highest BCUT2D eigenvalue weighted by Gasteiger charge is 2.29. The number of β-amino-alcohol motifs (C(OH)–C–C–N with tert-alkyl or cyclic N) is 1. The minimum atomic E-state index is 0.132. The van der Waals surface area contributed by atoms with Crippen molar-refractivity contribution in [1.82, 2.24) is 20.0 Å². The quantitative estimate of drug-likeness (QED) is 0.714. The van der Waals surface area contributed by atoms with Crippen molar-refractivity contribution in [3.63, 3.8) is 0 Å². The SMILES string of the molecule is O=C(C1CCOCC1)N1CCN(c2ccc(N3CCN(CCO)CC3)nn2)CC1. The second-order valence-electron chi connectivity index (χ2n) is 8.00. The first-order chi connectivity index (χ1) is 14.2. The van der Waals surface area contributed by atoms with Crippen LogP contribution < -0.4 is 9.80 Å². The molecular weight excluding hydrogens is 372 g/mol. The van der Waals surface area contributed by atoms with Crippen LogP contribution in [0.1, 0.15) is 12.8 Å². The van der Waals surface area contributed by atoms with Gasteiger partial charge >= 0.3 is 0 Å². The fourth-order valence-electron chi connectivity index (χ4n) is 4.36. The summed E-state index contributed by atoms with van der Waals surface area (Å²) in [6.45, 7) is 9.11. The van der Waals surface area contributed by atoms with Crippen LogP contribution in [0.15, 0.2) is 12.1 Å². The normalized spacial score (nSPS) is 22.2. The van der Waals surface area contributed by atoms with E-state index in [2.05, 4.69) is 24.9 Å². The monoisotopic (exact) mass is 404 g/mol. The topological polar surface area (TPSA) is 85.3 Å². The van der Waals surface area contributed by atoms with E-state index < -0.39 is 0 Å². The maximum absolute atomic E-state index is 12.7. The summed E-state index contributed by atoms with van der Waals surface area (Å²) in [5, 5.41) is 18.0. The van der Waals surface area contributed by atoms with Crippen molar-refractivity contribution in [2.75, 3.05) is 88.5 Å². The average molecular weight is 405 g/mol. The molecule has 1 aromatic rings. The molecule has 0 saturated carbocycles. The summed E-state index contributed by atoms with van der Waals surface area (Å²) in [6, 6.07) is 4.09. The summed E-state index contributed by atoms with van der Waals surface area (Å²) in [5.41, 5.74) is 0. The van der Waals surface area contributed by atoms with Crippen LogP contribution in [0.25, 0.3) is 0 Å². The number of aromatic nitrogens is 2. The van der Waals surface area contributed by atoms with E-state index in [0.717, 1.165) is 83.4 Å². The Morgan fingerprint density at radius 1 is 0.931 bits per heavy atom. The lowest BCUT2D eigenvalue weighted by Gasteiger charge is -2.37. The van der Waals surface area contributed by atoms with Gasteiger partial charge in [-0.05, 0) is 25.0 Å². The Balaban J connectivity index is 1.26. The molecule has 0 spiro atoms. The van der Waals surface area contributed by atoms with Gasteiger partial charge in [0.05, 0.1) is 6.61 Å². The molecule has 3 saturated heterocycles. The lowest BCUT2D eigenvalue weighted by Crippen LogP contribution is -2.51. The van der Waals surface area contributed by atoms with E-state index in [4.69, 9.17) is 9.84 Å². The maximum Gasteiger partial charge on any atom is 0.225 e. The van der Waals surface area contributed by atoms with Gasteiger partial charge in [-0.15, -0.1) is 10.2 Å². The number of carbonyl (C=O) groups is 1. The molecule has 0 aromatic carbocycles. The third-order valence-corrected chi connectivity index (χ3v) is 6.23. The van der Waals surface area contributed by atoms with Gasteiger partial charge in [-0.25, -0.2) is 0 Å². The Hall–Kier alpha value is -1.97. The molecule has 3 aliphatic rings. The van der Waals surface area contributed by atoms with Crippen LogP contribution in [-0.2, 0) is 9.53 Å². The number of hydrogen-bond donors (Lipinski definition) is 1. The molecule has 0 aliphatic carbocycles. The van der Waals surface area contributed by atoms with Crippen molar-refractivity contribution >= 4 is 17.5 Å². The van der Waals surface area contributed by atoms with Gasteiger partial charge in [0.1, 0.15) is 0 Å². The standard InChI is InChI=1S/C20H32N6O3/c27-14-13-23-5-7-24(8-6-23)18-1-2-19(22-21-18)25-9-11-26(12-10-25)20(28)17-3-15-29-16-4-17/h1-2,17,27H,3-16H2. The van der Waals surface area contributed by atoms with E-state index in [-0.39, 0.29) is 18.4 Å². The zero-order valence-electron chi connectivity index (χ0n) is 17.1. The maximum atomic E-state index is 12.7. The number of hydrogen-bond acceptors (Lipinski definition) is 8. The molecule has 9 heteroatoms. The summed E-state index contributed by atoms with van der Waals surface area (Å²) in [4.78, 5) is 21.4. The van der Waals surface area contributed by atoms with Crippen molar-refractivity contribution in [1.29, 1.82) is 0 Å². The molecule has 1 N–H and O–H groups in total. The van der Waals surface area contributed by atoms with Gasteiger partial charge in [0.15, 0.2) is 11.6 Å². The number of carbonyl (C=O) groups excluding carboxylic acids is 1. The predicted molar refractivity (Wildman–Crippen MR) is 110 cm³/mol. The molecule has 0 unspecified atom stereocenters. The van der Waals surface area contributed by atoms with Crippen LogP contribution >= 0.6 is 0 Å². The fourth-order valence-corrected chi connectivity index (χ4v) is 4.36. The molecule has 0 atom stereocenters. The van der Waals surface area contributed by atoms with Gasteiger partial charge in [0.2, 0.25) is 5.91 Å². The summed E-state index contributed by atoms with van der Waals surface area (Å²) < 4.78 is 5.37. The molecule has 160 valence electrons. The van der Waals surface area contributed by atoms with Crippen molar-refractivity contribution in [3.05, 3.63) is 12.1 Å². The van der Waals surface area contributed by atoms with Gasteiger partial charge in [-0.2, -0.15) is 0 Å². The van der Waals surface area contributed by atoms with E-state index in [1.165, 1.54) is 0 Å². The van der Waals surface area contributed by atoms with Crippen LogP contribution in [0.5, 0.6) is 0 Å². The minimum absolute atomic E-state index is 0.132. The Kier molecular flexibility index (Phi) is 6.78. The number of rotatable bonds is 5. The molecule has 29 heavy (non-hydrogen) atoms. The molecule has 0 bridgehead atoms. The van der Waals surface area contributed by atoms with Gasteiger partial charge in [0, 0.05) is 78.0 Å². The molecule has 1 aromatic heterocycles. The number of ether oxygens (including phenoxy) is 1. The predicted octanol–water partition coefficient (Wildman–Crippen LogP) is -0.334. The molecule has 3 fully saturated rings. The summed E-state index contributed by atoms with van der Waals surface area (Å²) in [6.07, 6.45) is 1.69. The van der Waals surface area contributed by atoms with Crippen LogP contribution in [0.3, 0.4) is 0 Å². The van der Waals surface area contributed by atoms with E-state index in [9.17, 15) is 4.79 Å². The molecule has 0 radical (unpaired) electrons. The highest BCUT2D eigenvalue weighted by molar-refractivity contribution is 5.79. The Bertz CT molecular complexity index is 651. The number of aliphatic hydroxyl groups excluding tert-OH is 1. The zero-order valence-corrected chi connectivity index (χ0v) is 17.1. The average Bonchev–Trinajstić information content (AvgIpc) is 2.80. The highest BCUT2D eigenvalue weighted by Crippen LogP contribution is 2.21. The zero-order chi connectivity index (χ0) is 20.1. The Labute approximate surface area is 172 Å². The fraction of sp³-hybridized carbons (Fsp3) is 0.750. The number of nitrogens with zero attached hydrogens (tertiary/aromatic N) is 6. The molecule has 1 amide bonds. The highest BCUT2D eigenvalue weighted by atomic mass is 16.5. The third-order valence-electron chi connectivity index (χ3n) is 6.23. The molecule has 3 aliphatic heterocycles. The lowest BCUT2D eigenvalue weighted by molar-refractivity contribution is -0.138. The van der Waals surface area contributed by atoms with Crippen LogP contribution in [0, 0.1) is 5.92 Å². The third kappa shape index (κ3) is 4.96. The number of amides is 1. The van der Waals surface area contributed by atoms with Crippen LogP contribution in [0.2, 0.25) is 0 Å². The number of piperazine rings is 2. The second-order valence-corrected chi connectivity index (χ2v) is 8.00. The van der Waals surface area contributed by atoms with Crippen molar-refractivity contribution < 1.29 is 14.6 Å². The van der Waals surface area contributed by atoms with Gasteiger partial charge < -0.3 is 24.5 Å². The molecular formula is C20H32N6O3. The van der Waals surface area contributed by atoms with E-state index >= 15 is 0 Å². The number of aliphatic hydroxyl groups is 1. The van der Waals surface area contributed by atoms with Crippen molar-refractivity contribution in [2.45, 2.75) is 12.8 Å². The van der Waals surface area contributed by atoms with Crippen LogP contribution in [-0.4, -0.2) is 110 Å². The smallest absolute Gasteiger partial charge is 0.225 e. The van der Waals surface area contributed by atoms with Gasteiger partial charge in [-0.3, -0.25) is 9.69 Å². The largest absolute Gasteiger partial charge is 0.395 e. The van der Waals surface area contributed by atoms with Crippen LogP contribution in [0.4, 0.5) is 11.6 Å². The van der Waals surface area contributed by atoms with E-state index in [1.807, 2.05) is 17.0 Å². The van der Waals surface area contributed by atoms with Crippen molar-refractivity contribution in [3.8, 4) is 0 Å². The lowest BCUT2D eigenvalue weighted by atomic mass is 9.98. The first-order valence-electron chi connectivity index (χ1n) is 10.8. The molecule has 4 rings (SSSR count). The summed E-state index contributed by atoms with van der Waals surface area (Å²) >= 11 is 0. The Morgan fingerprint density at radius 2 is 1.48 bits per heavy atom. The molecule has 9 nitrogen and oxygen atoms in total. The van der Waals surface area contributed by atoms with Gasteiger partial charge in [0.25, 0.3) is 0 Å². The minimum Gasteiger partial charge on any atom is -0.395 e. The van der Waals surface area contributed by atoms with Crippen molar-refractivity contribution in [2.24, 2.45) is 5.92 Å². The Morgan fingerprint density at radius 3 is 2.00 bits per heavy atom. The number of anilines is 2. The first-order valence-corrected chi connectivity index (χ1v) is 10.8. The second kappa shape index (κ2) is 9.69. The molecule has 4 heterocycles. The van der Waals surface area contributed by atoms with E-state index in [1.54, 1.807) is 0 Å². The van der Waals surface area contributed by atoms with E-state index in [0.29, 0.717) is 13.2 Å². The van der Waals surface area contributed by atoms with Gasteiger partial charge in [-0.1, -0.05) is 0 Å².